The molecule has 0 aromatic heterocycles. The van der Waals surface area contributed by atoms with Crippen LogP contribution in [0.15, 0.2) is 0 Å². The van der Waals surface area contributed by atoms with Crippen LogP contribution in [-0.2, 0) is 24.2 Å². The molecule has 1 rings (SSSR count). The number of hydrogen-bond donors (Lipinski definition) is 2. The average molecular weight is 322 g/mol. The van der Waals surface area contributed by atoms with Crippen molar-refractivity contribution in [1.29, 1.82) is 0 Å². The van der Waals surface area contributed by atoms with E-state index in [0.29, 0.717) is 0 Å². The largest absolute Gasteiger partial charge is 0.481 e. The van der Waals surface area contributed by atoms with Crippen molar-refractivity contribution in [2.75, 3.05) is 31.2 Å². The van der Waals surface area contributed by atoms with E-state index in [1.165, 1.54) is 4.90 Å². The maximum atomic E-state index is 11.6. The Labute approximate surface area is 122 Å². The summed E-state index contributed by atoms with van der Waals surface area (Å²) in [6, 6.07) is -0.783. The Morgan fingerprint density at radius 3 is 2.62 bits per heavy atom. The summed E-state index contributed by atoms with van der Waals surface area (Å²) in [4.78, 5) is 35.0. The van der Waals surface area contributed by atoms with Crippen molar-refractivity contribution >= 4 is 27.8 Å². The van der Waals surface area contributed by atoms with Crippen molar-refractivity contribution in [2.45, 2.75) is 19.4 Å². The molecule has 10 heteroatoms. The van der Waals surface area contributed by atoms with Gasteiger partial charge in [-0.25, -0.2) is 13.2 Å². The number of rotatable bonds is 5. The third kappa shape index (κ3) is 6.08. The van der Waals surface area contributed by atoms with E-state index < -0.39 is 33.8 Å². The van der Waals surface area contributed by atoms with Gasteiger partial charge in [-0.3, -0.25) is 19.8 Å². The Bertz CT molecular complexity index is 517. The maximum absolute atomic E-state index is 11.6. The van der Waals surface area contributed by atoms with Gasteiger partial charge in [-0.1, -0.05) is 0 Å². The lowest BCUT2D eigenvalue weighted by Crippen LogP contribution is -2.53. The molecule has 9 nitrogen and oxygen atoms in total. The predicted molar refractivity (Wildman–Crippen MR) is 71.4 cm³/mol. The molecule has 1 aliphatic rings. The average Bonchev–Trinajstić information content (AvgIpc) is 2.31. The number of carbonyl (C=O) groups is 3. The summed E-state index contributed by atoms with van der Waals surface area (Å²) in [6.45, 7) is 1.49. The molecule has 2 N–H and O–H groups in total. The molecule has 1 atom stereocenters. The zero-order valence-corrected chi connectivity index (χ0v) is 12.4. The van der Waals surface area contributed by atoms with Crippen LogP contribution in [0.25, 0.3) is 0 Å². The van der Waals surface area contributed by atoms with Crippen molar-refractivity contribution in [2.24, 2.45) is 0 Å². The molecule has 0 spiro atoms. The number of ether oxygens (including phenoxy) is 1. The molecule has 0 saturated carbocycles. The second kappa shape index (κ2) is 7.36. The molecule has 1 heterocycles. The molecule has 0 aromatic rings. The summed E-state index contributed by atoms with van der Waals surface area (Å²) in [7, 11) is -3.31. The number of imide groups is 1. The standard InChI is InChI=1S/C11H18N2O7S/c1-2-20-11(17)12-9(14)6-13-3-4-21(18,19)7-8(13)5-10(15)16/h8H,2-7H2,1H3,(H,15,16)(H,12,14,17). The molecule has 0 aromatic carbocycles. The van der Waals surface area contributed by atoms with E-state index in [1.54, 1.807) is 6.92 Å². The Hall–Kier alpha value is -1.68. The summed E-state index contributed by atoms with van der Waals surface area (Å²) in [5.74, 6) is -2.27. The summed E-state index contributed by atoms with van der Waals surface area (Å²) in [5, 5.41) is 10.8. The van der Waals surface area contributed by atoms with Gasteiger partial charge in [0.15, 0.2) is 9.84 Å². The fraction of sp³-hybridized carbons (Fsp3) is 0.727. The Kier molecular flexibility index (Phi) is 6.09. The number of nitrogens with zero attached hydrogens (tertiary/aromatic N) is 1. The minimum atomic E-state index is -3.31. The van der Waals surface area contributed by atoms with E-state index in [9.17, 15) is 22.8 Å². The van der Waals surface area contributed by atoms with E-state index in [-0.39, 0.29) is 37.6 Å². The SMILES string of the molecule is CCOC(=O)NC(=O)CN1CCS(=O)(=O)CC1CC(=O)O. The van der Waals surface area contributed by atoms with Crippen LogP contribution in [0.2, 0.25) is 0 Å². The van der Waals surface area contributed by atoms with Gasteiger partial charge in [-0.05, 0) is 6.92 Å². The van der Waals surface area contributed by atoms with E-state index in [2.05, 4.69) is 4.74 Å². The van der Waals surface area contributed by atoms with Gasteiger partial charge in [0, 0.05) is 12.6 Å². The Balaban J connectivity index is 2.64. The maximum Gasteiger partial charge on any atom is 0.413 e. The van der Waals surface area contributed by atoms with Crippen LogP contribution in [0, 0.1) is 0 Å². The molecule has 1 unspecified atom stereocenters. The number of carboxylic acids is 1. The Morgan fingerprint density at radius 2 is 2.05 bits per heavy atom. The number of alkyl carbamates (subject to hydrolysis) is 1. The smallest absolute Gasteiger partial charge is 0.413 e. The van der Waals surface area contributed by atoms with Gasteiger partial charge in [0.2, 0.25) is 5.91 Å². The highest BCUT2D eigenvalue weighted by Gasteiger charge is 2.33. The van der Waals surface area contributed by atoms with Gasteiger partial charge in [0.1, 0.15) is 0 Å². The number of sulfone groups is 1. The van der Waals surface area contributed by atoms with Crippen LogP contribution >= 0.6 is 0 Å². The Morgan fingerprint density at radius 1 is 1.38 bits per heavy atom. The first-order valence-corrected chi connectivity index (χ1v) is 8.18. The highest BCUT2D eigenvalue weighted by molar-refractivity contribution is 7.91. The molecule has 0 aliphatic carbocycles. The minimum Gasteiger partial charge on any atom is -0.481 e. The van der Waals surface area contributed by atoms with Gasteiger partial charge in [-0.15, -0.1) is 0 Å². The third-order valence-electron chi connectivity index (χ3n) is 2.93. The fourth-order valence-corrected chi connectivity index (χ4v) is 3.62. The second-order valence-electron chi connectivity index (χ2n) is 4.61. The highest BCUT2D eigenvalue weighted by Crippen LogP contribution is 2.14. The third-order valence-corrected chi connectivity index (χ3v) is 4.62. The van der Waals surface area contributed by atoms with Crippen molar-refractivity contribution in [3.05, 3.63) is 0 Å². The van der Waals surface area contributed by atoms with E-state index in [1.807, 2.05) is 5.32 Å². The van der Waals surface area contributed by atoms with Gasteiger partial charge in [0.05, 0.1) is 31.1 Å². The molecular weight excluding hydrogens is 304 g/mol. The first-order chi connectivity index (χ1) is 9.73. The van der Waals surface area contributed by atoms with Crippen LogP contribution in [0.3, 0.4) is 0 Å². The predicted octanol–water partition coefficient (Wildman–Crippen LogP) is -1.17. The molecule has 0 radical (unpaired) electrons. The number of aliphatic carboxylic acids is 1. The molecule has 1 aliphatic heterocycles. The molecule has 1 saturated heterocycles. The van der Waals surface area contributed by atoms with Gasteiger partial charge < -0.3 is 9.84 Å². The number of hydrogen-bond acceptors (Lipinski definition) is 7. The molecular formula is C11H18N2O7S. The van der Waals surface area contributed by atoms with Gasteiger partial charge in [-0.2, -0.15) is 0 Å². The zero-order valence-electron chi connectivity index (χ0n) is 11.6. The van der Waals surface area contributed by atoms with Crippen LogP contribution in [0.1, 0.15) is 13.3 Å². The highest BCUT2D eigenvalue weighted by atomic mass is 32.2. The molecule has 0 bridgehead atoms. The van der Waals surface area contributed by atoms with Gasteiger partial charge in [0.25, 0.3) is 0 Å². The monoisotopic (exact) mass is 322 g/mol. The minimum absolute atomic E-state index is 0.0521. The fourth-order valence-electron chi connectivity index (χ4n) is 2.02. The van der Waals surface area contributed by atoms with Crippen LogP contribution < -0.4 is 5.32 Å². The number of carboxylic acid groups (broad SMARTS) is 1. The summed E-state index contributed by atoms with van der Waals surface area (Å²) in [6.07, 6.45) is -1.27. The van der Waals surface area contributed by atoms with Crippen LogP contribution in [0.5, 0.6) is 0 Å². The van der Waals surface area contributed by atoms with E-state index in [4.69, 9.17) is 5.11 Å². The first-order valence-electron chi connectivity index (χ1n) is 6.36. The lowest BCUT2D eigenvalue weighted by atomic mass is 10.2. The lowest BCUT2D eigenvalue weighted by molar-refractivity contribution is -0.138. The van der Waals surface area contributed by atoms with Crippen molar-refractivity contribution in [3.8, 4) is 0 Å². The zero-order chi connectivity index (χ0) is 16.0. The van der Waals surface area contributed by atoms with Crippen LogP contribution in [-0.4, -0.2) is 73.6 Å². The first kappa shape index (κ1) is 17.4. The molecule has 120 valence electrons. The summed E-state index contributed by atoms with van der Waals surface area (Å²) < 4.78 is 27.6. The normalized spacial score (nSPS) is 21.5. The molecule has 21 heavy (non-hydrogen) atoms. The number of carbonyl (C=O) groups excluding carboxylic acids is 2. The summed E-state index contributed by atoms with van der Waals surface area (Å²) >= 11 is 0. The van der Waals surface area contributed by atoms with Crippen molar-refractivity contribution in [3.63, 3.8) is 0 Å². The quantitative estimate of drug-likeness (QED) is 0.648. The topological polar surface area (TPSA) is 130 Å². The van der Waals surface area contributed by atoms with Crippen molar-refractivity contribution < 1.29 is 32.6 Å². The van der Waals surface area contributed by atoms with Crippen molar-refractivity contribution in [1.82, 2.24) is 10.2 Å². The lowest BCUT2D eigenvalue weighted by Gasteiger charge is -2.33. The number of amides is 2. The molecule has 1 fully saturated rings. The molecule has 2 amide bonds. The second-order valence-corrected chi connectivity index (χ2v) is 6.83. The number of nitrogens with one attached hydrogen (secondary N) is 1. The van der Waals surface area contributed by atoms with Crippen LogP contribution in [0.4, 0.5) is 4.79 Å². The van der Waals surface area contributed by atoms with E-state index >= 15 is 0 Å². The van der Waals surface area contributed by atoms with Gasteiger partial charge >= 0.3 is 12.1 Å². The summed E-state index contributed by atoms with van der Waals surface area (Å²) in [5.41, 5.74) is 0. The van der Waals surface area contributed by atoms with E-state index in [0.717, 1.165) is 0 Å².